The maximum atomic E-state index is 12.6. The number of halogens is 2. The lowest BCUT2D eigenvalue weighted by Gasteiger charge is -2.28. The number of piperidine rings is 1. The quantitative estimate of drug-likeness (QED) is 0.796. The Morgan fingerprint density at radius 2 is 1.85 bits per heavy atom. The van der Waals surface area contributed by atoms with Crippen LogP contribution < -0.4 is 9.62 Å². The van der Waals surface area contributed by atoms with E-state index in [2.05, 4.69) is 4.72 Å². The molecule has 1 fully saturated rings. The second-order valence-electron chi connectivity index (χ2n) is 6.18. The predicted octanol–water partition coefficient (Wildman–Crippen LogP) is 4.62. The number of benzene rings is 2. The van der Waals surface area contributed by atoms with Crippen molar-refractivity contribution in [3.05, 3.63) is 52.0 Å². The van der Waals surface area contributed by atoms with E-state index in [1.165, 1.54) is 18.2 Å². The largest absolute Gasteiger partial charge is 0.312 e. The second kappa shape index (κ2) is 7.47. The van der Waals surface area contributed by atoms with Gasteiger partial charge >= 0.3 is 0 Å². The first-order valence-corrected chi connectivity index (χ1v) is 10.4. The van der Waals surface area contributed by atoms with Crippen molar-refractivity contribution in [2.75, 3.05) is 16.2 Å². The summed E-state index contributed by atoms with van der Waals surface area (Å²) in [5.74, 6) is 0.0957. The lowest BCUT2D eigenvalue weighted by Crippen LogP contribution is -2.35. The van der Waals surface area contributed by atoms with E-state index in [0.717, 1.165) is 24.1 Å². The highest BCUT2D eigenvalue weighted by Gasteiger charge is 2.22. The fraction of sp³-hybridized carbons (Fsp3) is 0.278. The number of anilines is 2. The molecule has 26 heavy (non-hydrogen) atoms. The topological polar surface area (TPSA) is 66.5 Å². The maximum Gasteiger partial charge on any atom is 0.263 e. The standard InChI is InChI=1S/C18H18Cl2N2O3S/c1-12-10-14(6-8-16(12)22-9-3-2-4-18(22)23)21-26(24,25)17-11-13(19)5-7-15(17)20/h5-8,10-11,21H,2-4,9H2,1H3. The molecule has 0 aliphatic carbocycles. The number of aryl methyl sites for hydroxylation is 1. The number of carbonyl (C=O) groups is 1. The van der Waals surface area contributed by atoms with Crippen molar-refractivity contribution in [3.63, 3.8) is 0 Å². The minimum atomic E-state index is -3.88. The van der Waals surface area contributed by atoms with Crippen LogP contribution in [0.3, 0.4) is 0 Å². The lowest BCUT2D eigenvalue weighted by molar-refractivity contribution is -0.119. The monoisotopic (exact) mass is 412 g/mol. The summed E-state index contributed by atoms with van der Waals surface area (Å²) in [6, 6.07) is 9.37. The molecule has 0 unspecified atom stereocenters. The van der Waals surface area contributed by atoms with Crippen molar-refractivity contribution in [2.45, 2.75) is 31.1 Å². The Kier molecular flexibility index (Phi) is 5.46. The van der Waals surface area contributed by atoms with Gasteiger partial charge in [-0.05, 0) is 61.7 Å². The molecule has 3 rings (SSSR count). The zero-order chi connectivity index (χ0) is 18.9. The van der Waals surface area contributed by atoms with Crippen molar-refractivity contribution in [2.24, 2.45) is 0 Å². The van der Waals surface area contributed by atoms with E-state index in [1.54, 1.807) is 23.1 Å². The van der Waals surface area contributed by atoms with Gasteiger partial charge in [-0.15, -0.1) is 0 Å². The van der Waals surface area contributed by atoms with E-state index in [0.29, 0.717) is 18.7 Å². The molecule has 1 heterocycles. The van der Waals surface area contributed by atoms with Gasteiger partial charge in [0.05, 0.1) is 5.02 Å². The van der Waals surface area contributed by atoms with E-state index < -0.39 is 10.0 Å². The van der Waals surface area contributed by atoms with Crippen molar-refractivity contribution in [3.8, 4) is 0 Å². The number of hydrogen-bond donors (Lipinski definition) is 1. The molecule has 0 aromatic heterocycles. The van der Waals surface area contributed by atoms with Crippen LogP contribution in [0.1, 0.15) is 24.8 Å². The molecule has 5 nitrogen and oxygen atoms in total. The van der Waals surface area contributed by atoms with Crippen LogP contribution in [0.5, 0.6) is 0 Å². The summed E-state index contributed by atoms with van der Waals surface area (Å²) in [5, 5.41) is 0.374. The molecule has 2 aromatic carbocycles. The Morgan fingerprint density at radius 3 is 2.54 bits per heavy atom. The summed E-state index contributed by atoms with van der Waals surface area (Å²) in [6.07, 6.45) is 2.42. The van der Waals surface area contributed by atoms with Gasteiger partial charge in [0.15, 0.2) is 0 Å². The van der Waals surface area contributed by atoms with Gasteiger partial charge in [0.1, 0.15) is 4.90 Å². The third-order valence-electron chi connectivity index (χ3n) is 4.25. The minimum Gasteiger partial charge on any atom is -0.312 e. The van der Waals surface area contributed by atoms with Crippen LogP contribution in [0.15, 0.2) is 41.3 Å². The number of nitrogens with zero attached hydrogens (tertiary/aromatic N) is 1. The second-order valence-corrected chi connectivity index (χ2v) is 8.68. The van der Waals surface area contributed by atoms with Gasteiger partial charge in [-0.2, -0.15) is 0 Å². The molecule has 1 N–H and O–H groups in total. The van der Waals surface area contributed by atoms with Gasteiger partial charge in [0.25, 0.3) is 10.0 Å². The van der Waals surface area contributed by atoms with Crippen LogP contribution in [0, 0.1) is 6.92 Å². The molecule has 0 saturated carbocycles. The number of amides is 1. The van der Waals surface area contributed by atoms with Gasteiger partial charge < -0.3 is 4.90 Å². The highest BCUT2D eigenvalue weighted by molar-refractivity contribution is 7.92. The first kappa shape index (κ1) is 19.0. The zero-order valence-corrected chi connectivity index (χ0v) is 16.5. The minimum absolute atomic E-state index is 0.0837. The van der Waals surface area contributed by atoms with Crippen LogP contribution in [-0.2, 0) is 14.8 Å². The molecular formula is C18H18Cl2N2O3S. The van der Waals surface area contributed by atoms with Crippen LogP contribution in [-0.4, -0.2) is 20.9 Å². The van der Waals surface area contributed by atoms with Gasteiger partial charge in [-0.3, -0.25) is 9.52 Å². The summed E-state index contributed by atoms with van der Waals surface area (Å²) < 4.78 is 27.7. The summed E-state index contributed by atoms with van der Waals surface area (Å²) in [4.78, 5) is 13.8. The highest BCUT2D eigenvalue weighted by atomic mass is 35.5. The first-order chi connectivity index (χ1) is 12.3. The van der Waals surface area contributed by atoms with E-state index in [-0.39, 0.29) is 20.8 Å². The summed E-state index contributed by atoms with van der Waals surface area (Å²) in [6.45, 7) is 2.53. The Labute approximate surface area is 163 Å². The third kappa shape index (κ3) is 3.98. The Balaban J connectivity index is 1.87. The Bertz CT molecular complexity index is 961. The summed E-state index contributed by atoms with van der Waals surface area (Å²) in [7, 11) is -3.88. The maximum absolute atomic E-state index is 12.6. The van der Waals surface area contributed by atoms with Crippen molar-refractivity contribution < 1.29 is 13.2 Å². The van der Waals surface area contributed by atoms with Crippen LogP contribution >= 0.6 is 23.2 Å². The molecule has 1 saturated heterocycles. The predicted molar refractivity (Wildman–Crippen MR) is 105 cm³/mol. The molecular weight excluding hydrogens is 395 g/mol. The molecule has 8 heteroatoms. The molecule has 1 amide bonds. The van der Waals surface area contributed by atoms with Gasteiger partial charge in [0, 0.05) is 29.4 Å². The van der Waals surface area contributed by atoms with Crippen molar-refractivity contribution >= 4 is 50.5 Å². The van der Waals surface area contributed by atoms with Crippen LogP contribution in [0.2, 0.25) is 10.0 Å². The van der Waals surface area contributed by atoms with Crippen LogP contribution in [0.4, 0.5) is 11.4 Å². The lowest BCUT2D eigenvalue weighted by atomic mass is 10.1. The molecule has 0 bridgehead atoms. The molecule has 138 valence electrons. The Hall–Kier alpha value is -1.76. The Morgan fingerprint density at radius 1 is 1.08 bits per heavy atom. The molecule has 2 aromatic rings. The first-order valence-electron chi connectivity index (χ1n) is 8.17. The fourth-order valence-electron chi connectivity index (χ4n) is 2.98. The number of hydrogen-bond acceptors (Lipinski definition) is 3. The number of sulfonamides is 1. The molecule has 0 radical (unpaired) electrons. The number of rotatable bonds is 4. The third-order valence-corrected chi connectivity index (χ3v) is 6.34. The number of nitrogens with one attached hydrogen (secondary N) is 1. The smallest absolute Gasteiger partial charge is 0.263 e. The normalized spacial score (nSPS) is 15.2. The fourth-order valence-corrected chi connectivity index (χ4v) is 4.79. The van der Waals surface area contributed by atoms with E-state index in [1.807, 2.05) is 6.92 Å². The average Bonchev–Trinajstić information content (AvgIpc) is 2.58. The highest BCUT2D eigenvalue weighted by Crippen LogP contribution is 2.30. The summed E-state index contributed by atoms with van der Waals surface area (Å²) in [5.41, 5.74) is 2.02. The molecule has 1 aliphatic rings. The molecule has 0 atom stereocenters. The summed E-state index contributed by atoms with van der Waals surface area (Å²) >= 11 is 11.9. The van der Waals surface area contributed by atoms with Gasteiger partial charge in [0.2, 0.25) is 5.91 Å². The van der Waals surface area contributed by atoms with Crippen LogP contribution in [0.25, 0.3) is 0 Å². The SMILES string of the molecule is Cc1cc(NS(=O)(=O)c2cc(Cl)ccc2Cl)ccc1N1CCCCC1=O. The zero-order valence-electron chi connectivity index (χ0n) is 14.1. The van der Waals surface area contributed by atoms with Gasteiger partial charge in [-0.1, -0.05) is 23.2 Å². The average molecular weight is 413 g/mol. The van der Waals surface area contributed by atoms with Crippen molar-refractivity contribution in [1.82, 2.24) is 0 Å². The van der Waals surface area contributed by atoms with E-state index in [4.69, 9.17) is 23.2 Å². The van der Waals surface area contributed by atoms with Crippen molar-refractivity contribution in [1.29, 1.82) is 0 Å². The molecule has 1 aliphatic heterocycles. The molecule has 0 spiro atoms. The van der Waals surface area contributed by atoms with Gasteiger partial charge in [-0.25, -0.2) is 8.42 Å². The van der Waals surface area contributed by atoms with E-state index >= 15 is 0 Å². The number of carbonyl (C=O) groups excluding carboxylic acids is 1. The van der Waals surface area contributed by atoms with E-state index in [9.17, 15) is 13.2 Å².